The molecule has 1 aliphatic rings. The van der Waals surface area contributed by atoms with Crippen LogP contribution in [0.15, 0.2) is 53.9 Å². The molecule has 1 aliphatic heterocycles. The normalized spacial score (nSPS) is 15.3. The molecule has 0 aromatic heterocycles. The van der Waals surface area contributed by atoms with Crippen molar-refractivity contribution < 1.29 is 23.8 Å². The predicted octanol–water partition coefficient (Wildman–Crippen LogP) is 3.82. The fraction of sp³-hybridized carbons (Fsp3) is 0.304. The Kier molecular flexibility index (Phi) is 6.22. The first kappa shape index (κ1) is 20.5. The van der Waals surface area contributed by atoms with Gasteiger partial charge in [0.25, 0.3) is 0 Å². The molecule has 0 spiro atoms. The first-order valence-corrected chi connectivity index (χ1v) is 9.65. The number of hydrogen-bond donors (Lipinski definition) is 1. The SMILES string of the molecule is CCOC(=O)CC1C(C(=O)OCC)=C(N)Oc2ccc(-c3cccc(C)c3)cc21. The Labute approximate surface area is 170 Å². The number of carbonyl (C=O) groups is 2. The number of rotatable bonds is 6. The van der Waals surface area contributed by atoms with E-state index in [0.717, 1.165) is 16.7 Å². The van der Waals surface area contributed by atoms with E-state index in [1.54, 1.807) is 19.9 Å². The molecule has 29 heavy (non-hydrogen) atoms. The third-order valence-electron chi connectivity index (χ3n) is 4.74. The van der Waals surface area contributed by atoms with Crippen LogP contribution in [0.2, 0.25) is 0 Å². The molecule has 1 unspecified atom stereocenters. The lowest BCUT2D eigenvalue weighted by Crippen LogP contribution is -2.28. The van der Waals surface area contributed by atoms with Crippen molar-refractivity contribution in [1.82, 2.24) is 0 Å². The summed E-state index contributed by atoms with van der Waals surface area (Å²) in [5.41, 5.74) is 10.0. The zero-order valence-electron chi connectivity index (χ0n) is 16.9. The van der Waals surface area contributed by atoms with E-state index in [4.69, 9.17) is 19.9 Å². The van der Waals surface area contributed by atoms with Crippen LogP contribution in [0.1, 0.15) is 37.3 Å². The molecule has 0 aliphatic carbocycles. The number of aryl methyl sites for hydroxylation is 1. The second-order valence-corrected chi connectivity index (χ2v) is 6.78. The van der Waals surface area contributed by atoms with Crippen molar-refractivity contribution in [1.29, 1.82) is 0 Å². The standard InChI is InChI=1S/C23H25NO5/c1-4-27-20(25)13-18-17-12-16(15-8-6-7-14(3)11-15)9-10-19(17)29-22(24)21(18)23(26)28-5-2/h6-12,18H,4-5,13,24H2,1-3H3. The lowest BCUT2D eigenvalue weighted by atomic mass is 9.84. The van der Waals surface area contributed by atoms with Gasteiger partial charge in [-0.3, -0.25) is 4.79 Å². The Morgan fingerprint density at radius 3 is 2.45 bits per heavy atom. The highest BCUT2D eigenvalue weighted by Gasteiger charge is 2.36. The predicted molar refractivity (Wildman–Crippen MR) is 109 cm³/mol. The molecule has 1 heterocycles. The maximum Gasteiger partial charge on any atom is 0.340 e. The number of ether oxygens (including phenoxy) is 3. The monoisotopic (exact) mass is 395 g/mol. The van der Waals surface area contributed by atoms with Gasteiger partial charge in [0.1, 0.15) is 11.3 Å². The van der Waals surface area contributed by atoms with Gasteiger partial charge in [-0.15, -0.1) is 0 Å². The van der Waals surface area contributed by atoms with Crippen LogP contribution in [0, 0.1) is 6.92 Å². The van der Waals surface area contributed by atoms with Crippen molar-refractivity contribution in [3.05, 3.63) is 65.0 Å². The second kappa shape index (κ2) is 8.82. The summed E-state index contributed by atoms with van der Waals surface area (Å²) in [6, 6.07) is 13.8. The number of hydrogen-bond acceptors (Lipinski definition) is 6. The Morgan fingerprint density at radius 2 is 1.76 bits per heavy atom. The summed E-state index contributed by atoms with van der Waals surface area (Å²) >= 11 is 0. The van der Waals surface area contributed by atoms with E-state index in [2.05, 4.69) is 6.07 Å². The fourth-order valence-electron chi connectivity index (χ4n) is 3.47. The molecule has 0 bridgehead atoms. The van der Waals surface area contributed by atoms with Gasteiger partial charge in [-0.05, 0) is 44.0 Å². The molecule has 6 heteroatoms. The summed E-state index contributed by atoms with van der Waals surface area (Å²) in [6.45, 7) is 5.92. The van der Waals surface area contributed by atoms with Gasteiger partial charge in [0.15, 0.2) is 0 Å². The maximum absolute atomic E-state index is 12.6. The summed E-state index contributed by atoms with van der Waals surface area (Å²) in [6.07, 6.45) is -0.0314. The molecule has 152 valence electrons. The molecule has 1 atom stereocenters. The molecule has 2 aromatic carbocycles. The molecular weight excluding hydrogens is 370 g/mol. The zero-order valence-corrected chi connectivity index (χ0v) is 16.9. The van der Waals surface area contributed by atoms with E-state index >= 15 is 0 Å². The van der Waals surface area contributed by atoms with Crippen molar-refractivity contribution in [2.24, 2.45) is 5.73 Å². The molecule has 0 amide bonds. The van der Waals surface area contributed by atoms with Gasteiger partial charge in [-0.1, -0.05) is 35.9 Å². The van der Waals surface area contributed by atoms with Gasteiger partial charge in [0, 0.05) is 11.5 Å². The van der Waals surface area contributed by atoms with Crippen LogP contribution in [-0.2, 0) is 19.1 Å². The van der Waals surface area contributed by atoms with Crippen LogP contribution in [0.25, 0.3) is 11.1 Å². The van der Waals surface area contributed by atoms with Crippen molar-refractivity contribution in [3.63, 3.8) is 0 Å². The Morgan fingerprint density at radius 1 is 1.03 bits per heavy atom. The topological polar surface area (TPSA) is 87.9 Å². The van der Waals surface area contributed by atoms with Crippen LogP contribution in [-0.4, -0.2) is 25.2 Å². The molecule has 0 fully saturated rings. The molecule has 0 radical (unpaired) electrons. The number of benzene rings is 2. The molecule has 6 nitrogen and oxygen atoms in total. The van der Waals surface area contributed by atoms with E-state index in [1.807, 2.05) is 37.3 Å². The lowest BCUT2D eigenvalue weighted by molar-refractivity contribution is -0.143. The number of carbonyl (C=O) groups excluding carboxylic acids is 2. The molecule has 0 saturated carbocycles. The third kappa shape index (κ3) is 4.42. The smallest absolute Gasteiger partial charge is 0.340 e. The first-order chi connectivity index (χ1) is 13.9. The van der Waals surface area contributed by atoms with Gasteiger partial charge in [0.2, 0.25) is 5.88 Å². The minimum absolute atomic E-state index is 0.0314. The lowest BCUT2D eigenvalue weighted by Gasteiger charge is -2.28. The minimum Gasteiger partial charge on any atom is -0.466 e. The van der Waals surface area contributed by atoms with Crippen molar-refractivity contribution >= 4 is 11.9 Å². The van der Waals surface area contributed by atoms with Crippen LogP contribution >= 0.6 is 0 Å². The highest BCUT2D eigenvalue weighted by Crippen LogP contribution is 2.42. The van der Waals surface area contributed by atoms with E-state index < -0.39 is 17.9 Å². The summed E-state index contributed by atoms with van der Waals surface area (Å²) in [5, 5.41) is 0. The van der Waals surface area contributed by atoms with Crippen molar-refractivity contribution in [2.75, 3.05) is 13.2 Å². The zero-order chi connectivity index (χ0) is 21.0. The van der Waals surface area contributed by atoms with Crippen LogP contribution in [0.5, 0.6) is 5.75 Å². The summed E-state index contributed by atoms with van der Waals surface area (Å²) in [7, 11) is 0. The Hall–Kier alpha value is -3.28. The van der Waals surface area contributed by atoms with Crippen LogP contribution in [0.3, 0.4) is 0 Å². The average molecular weight is 395 g/mol. The van der Waals surface area contributed by atoms with E-state index in [9.17, 15) is 9.59 Å². The third-order valence-corrected chi connectivity index (χ3v) is 4.74. The molecule has 2 aromatic rings. The number of nitrogens with two attached hydrogens (primary N) is 1. The summed E-state index contributed by atoms with van der Waals surface area (Å²) in [5.74, 6) is -1.15. The van der Waals surface area contributed by atoms with Gasteiger partial charge in [-0.2, -0.15) is 0 Å². The number of fused-ring (bicyclic) bond motifs is 1. The van der Waals surface area contributed by atoms with Gasteiger partial charge < -0.3 is 19.9 Å². The minimum atomic E-state index is -0.610. The van der Waals surface area contributed by atoms with Crippen LogP contribution in [0.4, 0.5) is 0 Å². The molecule has 3 rings (SSSR count). The Bertz CT molecular complexity index is 963. The average Bonchev–Trinajstić information content (AvgIpc) is 2.68. The maximum atomic E-state index is 12.6. The summed E-state index contributed by atoms with van der Waals surface area (Å²) < 4.78 is 16.0. The second-order valence-electron chi connectivity index (χ2n) is 6.78. The van der Waals surface area contributed by atoms with Crippen molar-refractivity contribution in [3.8, 4) is 16.9 Å². The van der Waals surface area contributed by atoms with Gasteiger partial charge >= 0.3 is 11.9 Å². The largest absolute Gasteiger partial charge is 0.466 e. The molecule has 0 saturated heterocycles. The highest BCUT2D eigenvalue weighted by atomic mass is 16.5. The Balaban J connectivity index is 2.08. The highest BCUT2D eigenvalue weighted by molar-refractivity contribution is 5.93. The van der Waals surface area contributed by atoms with E-state index in [1.165, 1.54) is 0 Å². The summed E-state index contributed by atoms with van der Waals surface area (Å²) in [4.78, 5) is 24.9. The number of esters is 2. The quantitative estimate of drug-likeness (QED) is 0.748. The molecule has 2 N–H and O–H groups in total. The van der Waals surface area contributed by atoms with Gasteiger partial charge in [0.05, 0.1) is 19.6 Å². The van der Waals surface area contributed by atoms with Gasteiger partial charge in [-0.25, -0.2) is 4.79 Å². The first-order valence-electron chi connectivity index (χ1n) is 9.65. The fourth-order valence-corrected chi connectivity index (χ4v) is 3.47. The van der Waals surface area contributed by atoms with Crippen molar-refractivity contribution in [2.45, 2.75) is 33.1 Å². The van der Waals surface area contributed by atoms with E-state index in [-0.39, 0.29) is 31.1 Å². The van der Waals surface area contributed by atoms with Crippen LogP contribution < -0.4 is 10.5 Å². The van der Waals surface area contributed by atoms with E-state index in [0.29, 0.717) is 11.3 Å². The molecular formula is C23H25NO5.